The lowest BCUT2D eigenvalue weighted by Crippen LogP contribution is -2.01. The van der Waals surface area contributed by atoms with E-state index in [-0.39, 0.29) is 0 Å². The van der Waals surface area contributed by atoms with Crippen molar-refractivity contribution in [1.82, 2.24) is 14.8 Å². The normalized spacial score (nSPS) is 11.0. The van der Waals surface area contributed by atoms with Crippen molar-refractivity contribution in [2.75, 3.05) is 0 Å². The van der Waals surface area contributed by atoms with E-state index in [1.807, 2.05) is 72.3 Å². The molecule has 0 spiro atoms. The molecule has 0 bridgehead atoms. The minimum Gasteiger partial charge on any atom is -0.473 e. The maximum Gasteiger partial charge on any atom is 0.215 e. The Morgan fingerprint density at radius 3 is 2.58 bits per heavy atom. The molecule has 0 unspecified atom stereocenters. The van der Waals surface area contributed by atoms with Crippen molar-refractivity contribution in [3.63, 3.8) is 0 Å². The van der Waals surface area contributed by atoms with Gasteiger partial charge in [-0.2, -0.15) is 10.1 Å². The van der Waals surface area contributed by atoms with Gasteiger partial charge in [-0.25, -0.2) is 4.68 Å². The maximum absolute atomic E-state index is 6.04. The fraction of sp³-hybridized carbons (Fsp3) is 0.143. The standard InChI is InChI=1S/C21H18ClN3O/c1-14-11-19(26-13-16-7-6-8-17(22)12-16)23-21-20(14)15(2)24-25(21)18-9-4-3-5-10-18/h3-12H,13H2,1-2H3. The van der Waals surface area contributed by atoms with Gasteiger partial charge in [0.2, 0.25) is 5.88 Å². The van der Waals surface area contributed by atoms with E-state index < -0.39 is 0 Å². The second-order valence-electron chi connectivity index (χ2n) is 6.23. The molecule has 2 aromatic carbocycles. The first-order valence-corrected chi connectivity index (χ1v) is 8.79. The summed E-state index contributed by atoms with van der Waals surface area (Å²) in [6.45, 7) is 4.47. The minimum atomic E-state index is 0.414. The molecule has 0 aliphatic heterocycles. The summed E-state index contributed by atoms with van der Waals surface area (Å²) in [7, 11) is 0. The molecule has 4 rings (SSSR count). The van der Waals surface area contributed by atoms with E-state index in [1.54, 1.807) is 0 Å². The summed E-state index contributed by atoms with van der Waals surface area (Å²) in [4.78, 5) is 4.72. The molecule has 0 fully saturated rings. The number of benzene rings is 2. The SMILES string of the molecule is Cc1cc(OCc2cccc(Cl)c2)nc2c1c(C)nn2-c1ccccc1. The molecule has 0 aliphatic carbocycles. The van der Waals surface area contributed by atoms with Gasteiger partial charge in [-0.05, 0) is 49.2 Å². The van der Waals surface area contributed by atoms with E-state index >= 15 is 0 Å². The van der Waals surface area contributed by atoms with Crippen LogP contribution in [0.5, 0.6) is 5.88 Å². The number of nitrogens with zero attached hydrogens (tertiary/aromatic N) is 3. The fourth-order valence-electron chi connectivity index (χ4n) is 3.08. The first-order valence-electron chi connectivity index (χ1n) is 8.41. The average Bonchev–Trinajstić information content (AvgIpc) is 2.98. The molecule has 26 heavy (non-hydrogen) atoms. The molecule has 0 radical (unpaired) electrons. The van der Waals surface area contributed by atoms with Crippen molar-refractivity contribution in [3.8, 4) is 11.6 Å². The highest BCUT2D eigenvalue weighted by Gasteiger charge is 2.14. The van der Waals surface area contributed by atoms with Crippen molar-refractivity contribution >= 4 is 22.6 Å². The van der Waals surface area contributed by atoms with Crippen molar-refractivity contribution in [2.24, 2.45) is 0 Å². The number of hydrogen-bond acceptors (Lipinski definition) is 3. The Bertz CT molecular complexity index is 1070. The summed E-state index contributed by atoms with van der Waals surface area (Å²) in [6, 6.07) is 19.6. The van der Waals surface area contributed by atoms with Crippen LogP contribution in [0.1, 0.15) is 16.8 Å². The van der Waals surface area contributed by atoms with E-state index in [4.69, 9.17) is 21.3 Å². The molecular formula is C21H18ClN3O. The van der Waals surface area contributed by atoms with E-state index in [9.17, 15) is 0 Å². The molecule has 4 aromatic rings. The number of hydrogen-bond donors (Lipinski definition) is 0. The zero-order chi connectivity index (χ0) is 18.1. The second-order valence-corrected chi connectivity index (χ2v) is 6.66. The number of pyridine rings is 1. The third-order valence-electron chi connectivity index (χ3n) is 4.26. The van der Waals surface area contributed by atoms with E-state index in [1.165, 1.54) is 0 Å². The van der Waals surface area contributed by atoms with Gasteiger partial charge >= 0.3 is 0 Å². The van der Waals surface area contributed by atoms with Gasteiger partial charge in [0.15, 0.2) is 5.65 Å². The van der Waals surface area contributed by atoms with Gasteiger partial charge in [-0.1, -0.05) is 41.9 Å². The molecule has 0 N–H and O–H groups in total. The Balaban J connectivity index is 1.73. The molecule has 4 nitrogen and oxygen atoms in total. The topological polar surface area (TPSA) is 39.9 Å². The van der Waals surface area contributed by atoms with Crippen LogP contribution in [0.2, 0.25) is 5.02 Å². The van der Waals surface area contributed by atoms with Crippen LogP contribution in [0.3, 0.4) is 0 Å². The molecule has 130 valence electrons. The molecule has 0 saturated carbocycles. The van der Waals surface area contributed by atoms with Gasteiger partial charge in [-0.3, -0.25) is 0 Å². The Hall–Kier alpha value is -2.85. The Morgan fingerprint density at radius 1 is 1.00 bits per heavy atom. The quantitative estimate of drug-likeness (QED) is 0.496. The summed E-state index contributed by atoms with van der Waals surface area (Å²) < 4.78 is 7.79. The first-order chi connectivity index (χ1) is 12.6. The van der Waals surface area contributed by atoms with Crippen LogP contribution in [0, 0.1) is 13.8 Å². The largest absolute Gasteiger partial charge is 0.473 e. The van der Waals surface area contributed by atoms with Crippen molar-refractivity contribution in [2.45, 2.75) is 20.5 Å². The summed E-state index contributed by atoms with van der Waals surface area (Å²) in [5.41, 5.74) is 4.83. The molecule has 5 heteroatoms. The maximum atomic E-state index is 6.04. The van der Waals surface area contributed by atoms with Gasteiger partial charge in [0.1, 0.15) is 6.61 Å². The van der Waals surface area contributed by atoms with E-state index in [0.29, 0.717) is 17.5 Å². The van der Waals surface area contributed by atoms with Gasteiger partial charge in [-0.15, -0.1) is 0 Å². The average molecular weight is 364 g/mol. The fourth-order valence-corrected chi connectivity index (χ4v) is 3.29. The van der Waals surface area contributed by atoms with Crippen LogP contribution in [-0.2, 0) is 6.61 Å². The van der Waals surface area contributed by atoms with Crippen LogP contribution in [0.4, 0.5) is 0 Å². The van der Waals surface area contributed by atoms with Gasteiger partial charge < -0.3 is 4.74 Å². The van der Waals surface area contributed by atoms with Crippen LogP contribution >= 0.6 is 11.6 Å². The molecule has 2 heterocycles. The van der Waals surface area contributed by atoms with Crippen LogP contribution in [0.25, 0.3) is 16.7 Å². The molecule has 0 amide bonds. The number of halogens is 1. The lowest BCUT2D eigenvalue weighted by molar-refractivity contribution is 0.294. The lowest BCUT2D eigenvalue weighted by Gasteiger charge is -2.09. The van der Waals surface area contributed by atoms with Crippen LogP contribution in [-0.4, -0.2) is 14.8 Å². The monoisotopic (exact) mass is 363 g/mol. The van der Waals surface area contributed by atoms with Crippen molar-refractivity contribution < 1.29 is 4.74 Å². The number of aryl methyl sites for hydroxylation is 2. The minimum absolute atomic E-state index is 0.414. The third-order valence-corrected chi connectivity index (χ3v) is 4.50. The Kier molecular flexibility index (Phi) is 4.35. The van der Waals surface area contributed by atoms with E-state index in [0.717, 1.165) is 33.5 Å². The summed E-state index contributed by atoms with van der Waals surface area (Å²) in [5, 5.41) is 6.43. The molecular weight excluding hydrogens is 346 g/mol. The summed E-state index contributed by atoms with van der Waals surface area (Å²) in [5.74, 6) is 0.576. The van der Waals surface area contributed by atoms with Gasteiger partial charge in [0.25, 0.3) is 0 Å². The number of para-hydroxylation sites is 1. The third kappa shape index (κ3) is 3.16. The lowest BCUT2D eigenvalue weighted by atomic mass is 10.1. The van der Waals surface area contributed by atoms with Gasteiger partial charge in [0, 0.05) is 16.5 Å². The van der Waals surface area contributed by atoms with Crippen LogP contribution in [0.15, 0.2) is 60.7 Å². The Morgan fingerprint density at radius 2 is 1.81 bits per heavy atom. The highest BCUT2D eigenvalue weighted by molar-refractivity contribution is 6.30. The summed E-state index contributed by atoms with van der Waals surface area (Å²) >= 11 is 6.04. The van der Waals surface area contributed by atoms with Crippen molar-refractivity contribution in [3.05, 3.63) is 82.5 Å². The first kappa shape index (κ1) is 16.6. The van der Waals surface area contributed by atoms with Gasteiger partial charge in [0.05, 0.1) is 11.4 Å². The Labute approximate surface area is 157 Å². The van der Waals surface area contributed by atoms with E-state index in [2.05, 4.69) is 12.0 Å². The molecule has 0 saturated heterocycles. The smallest absolute Gasteiger partial charge is 0.215 e. The second kappa shape index (κ2) is 6.81. The molecule has 0 atom stereocenters. The predicted molar refractivity (Wildman–Crippen MR) is 104 cm³/mol. The number of rotatable bonds is 4. The van der Waals surface area contributed by atoms with Crippen molar-refractivity contribution in [1.29, 1.82) is 0 Å². The number of ether oxygens (including phenoxy) is 1. The number of aromatic nitrogens is 3. The zero-order valence-corrected chi connectivity index (χ0v) is 15.4. The molecule has 2 aromatic heterocycles. The molecule has 0 aliphatic rings. The predicted octanol–water partition coefficient (Wildman–Crippen LogP) is 5.27. The summed E-state index contributed by atoms with van der Waals surface area (Å²) in [6.07, 6.45) is 0. The highest BCUT2D eigenvalue weighted by Crippen LogP contribution is 2.27. The number of fused-ring (bicyclic) bond motifs is 1. The highest BCUT2D eigenvalue weighted by atomic mass is 35.5. The van der Waals surface area contributed by atoms with Crippen LogP contribution < -0.4 is 4.74 Å². The zero-order valence-electron chi connectivity index (χ0n) is 14.6.